The molecule has 2 rings (SSSR count). The number of nitrogens with zero attached hydrogens (tertiary/aromatic N) is 1. The molecule has 0 spiro atoms. The van der Waals surface area contributed by atoms with E-state index in [0.29, 0.717) is 11.3 Å². The highest BCUT2D eigenvalue weighted by atomic mass is 16.2. The molecule has 1 heterocycles. The van der Waals surface area contributed by atoms with Crippen LogP contribution >= 0.6 is 0 Å². The number of carbonyl (C=O) groups is 5. The lowest BCUT2D eigenvalue weighted by Gasteiger charge is -2.24. The minimum absolute atomic E-state index is 0.0252. The molecule has 8 heteroatoms. The molecule has 166 valence electrons. The molecule has 2 N–H and O–H groups in total. The van der Waals surface area contributed by atoms with Crippen LogP contribution in [0.4, 0.5) is 5.69 Å². The summed E-state index contributed by atoms with van der Waals surface area (Å²) >= 11 is 0. The van der Waals surface area contributed by atoms with E-state index in [4.69, 9.17) is 0 Å². The molecule has 1 aliphatic heterocycles. The van der Waals surface area contributed by atoms with Gasteiger partial charge in [-0.05, 0) is 30.5 Å². The lowest BCUT2D eigenvalue weighted by Crippen LogP contribution is -2.53. The Bertz CT molecular complexity index is 884. The van der Waals surface area contributed by atoms with Gasteiger partial charge >= 0.3 is 0 Å². The fraction of sp³-hybridized carbons (Fsp3) is 0.435. The van der Waals surface area contributed by atoms with E-state index >= 15 is 0 Å². The van der Waals surface area contributed by atoms with E-state index in [1.165, 1.54) is 12.2 Å². The highest BCUT2D eigenvalue weighted by Gasteiger charge is 2.28. The molecule has 0 bridgehead atoms. The third kappa shape index (κ3) is 6.10. The summed E-state index contributed by atoms with van der Waals surface area (Å²) in [5.74, 6) is -2.02. The first-order valence-electron chi connectivity index (χ1n) is 10.3. The van der Waals surface area contributed by atoms with E-state index in [1.54, 1.807) is 45.0 Å². The van der Waals surface area contributed by atoms with Gasteiger partial charge < -0.3 is 10.6 Å². The molecule has 0 radical (unpaired) electrons. The molecule has 1 aromatic carbocycles. The first kappa shape index (κ1) is 24.0. The Hall–Kier alpha value is -3.29. The Balaban J connectivity index is 1.98. The van der Waals surface area contributed by atoms with Crippen molar-refractivity contribution in [1.82, 2.24) is 10.6 Å². The fourth-order valence-corrected chi connectivity index (χ4v) is 3.24. The summed E-state index contributed by atoms with van der Waals surface area (Å²) in [7, 11) is 0. The molecule has 2 atom stereocenters. The van der Waals surface area contributed by atoms with Gasteiger partial charge in [0.1, 0.15) is 6.04 Å². The van der Waals surface area contributed by atoms with Gasteiger partial charge in [-0.25, -0.2) is 4.90 Å². The van der Waals surface area contributed by atoms with Gasteiger partial charge in [-0.3, -0.25) is 24.0 Å². The molecule has 1 unspecified atom stereocenters. The molecule has 0 fully saturated rings. The summed E-state index contributed by atoms with van der Waals surface area (Å²) in [6.45, 7) is 8.79. The predicted molar refractivity (Wildman–Crippen MR) is 116 cm³/mol. The van der Waals surface area contributed by atoms with E-state index < -0.39 is 29.8 Å². The zero-order valence-corrected chi connectivity index (χ0v) is 18.5. The Morgan fingerprint density at radius 1 is 0.871 bits per heavy atom. The third-order valence-corrected chi connectivity index (χ3v) is 4.99. The van der Waals surface area contributed by atoms with Crippen LogP contribution in [0.5, 0.6) is 0 Å². The van der Waals surface area contributed by atoms with Gasteiger partial charge in [0.25, 0.3) is 11.8 Å². The summed E-state index contributed by atoms with van der Waals surface area (Å²) in [5, 5.41) is 5.41. The van der Waals surface area contributed by atoms with Crippen molar-refractivity contribution in [3.63, 3.8) is 0 Å². The number of hydrogen-bond donors (Lipinski definition) is 2. The van der Waals surface area contributed by atoms with Crippen molar-refractivity contribution in [3.8, 4) is 0 Å². The van der Waals surface area contributed by atoms with Crippen molar-refractivity contribution >= 4 is 35.1 Å². The summed E-state index contributed by atoms with van der Waals surface area (Å²) in [6.07, 6.45) is 2.43. The van der Waals surface area contributed by atoms with Crippen molar-refractivity contribution in [2.45, 2.75) is 53.1 Å². The standard InChI is InChI=1S/C23H29N3O5/c1-13(2)21(23(31)24-15(5)22(30)14(3)4)25-18(27)12-16-6-8-17(9-7-16)26-19(28)10-11-20(26)29/h6-11,13-15,21H,12H2,1-5H3,(H,24,31)(H,25,27)/t15?,21-/m0/s1. The van der Waals surface area contributed by atoms with Crippen LogP contribution in [0.15, 0.2) is 36.4 Å². The Morgan fingerprint density at radius 2 is 1.42 bits per heavy atom. The van der Waals surface area contributed by atoms with Gasteiger partial charge in [-0.1, -0.05) is 39.8 Å². The van der Waals surface area contributed by atoms with Crippen molar-refractivity contribution < 1.29 is 24.0 Å². The van der Waals surface area contributed by atoms with Crippen LogP contribution in [-0.2, 0) is 30.4 Å². The lowest BCUT2D eigenvalue weighted by molar-refractivity contribution is -0.132. The maximum atomic E-state index is 12.6. The zero-order chi connectivity index (χ0) is 23.3. The van der Waals surface area contributed by atoms with Crippen molar-refractivity contribution in [1.29, 1.82) is 0 Å². The van der Waals surface area contributed by atoms with Crippen LogP contribution in [0.3, 0.4) is 0 Å². The molecule has 1 aliphatic rings. The van der Waals surface area contributed by atoms with Crippen molar-refractivity contribution in [3.05, 3.63) is 42.0 Å². The number of rotatable bonds is 9. The molecule has 1 aromatic rings. The number of benzene rings is 1. The van der Waals surface area contributed by atoms with Crippen LogP contribution < -0.4 is 15.5 Å². The van der Waals surface area contributed by atoms with Crippen LogP contribution in [0.1, 0.15) is 40.2 Å². The number of anilines is 1. The number of hydrogen-bond acceptors (Lipinski definition) is 5. The molecule has 4 amide bonds. The molecule has 31 heavy (non-hydrogen) atoms. The number of imide groups is 1. The van der Waals surface area contributed by atoms with E-state index in [0.717, 1.165) is 4.90 Å². The molecule has 0 aliphatic carbocycles. The van der Waals surface area contributed by atoms with E-state index in [-0.39, 0.29) is 29.9 Å². The van der Waals surface area contributed by atoms with E-state index in [1.807, 2.05) is 13.8 Å². The largest absolute Gasteiger partial charge is 0.345 e. The smallest absolute Gasteiger partial charge is 0.258 e. The van der Waals surface area contributed by atoms with Crippen LogP contribution in [0.25, 0.3) is 0 Å². The molecular formula is C23H29N3O5. The highest BCUT2D eigenvalue weighted by molar-refractivity contribution is 6.28. The summed E-state index contributed by atoms with van der Waals surface area (Å²) in [5.41, 5.74) is 1.09. The summed E-state index contributed by atoms with van der Waals surface area (Å²) in [6, 6.07) is 5.08. The summed E-state index contributed by atoms with van der Waals surface area (Å²) < 4.78 is 0. The first-order chi connectivity index (χ1) is 14.5. The normalized spacial score (nSPS) is 15.4. The molecule has 0 saturated carbocycles. The SMILES string of the molecule is CC(C)C(=O)C(C)NC(=O)[C@@H](NC(=O)Cc1ccc(N2C(=O)C=CC2=O)cc1)C(C)C. The maximum Gasteiger partial charge on any atom is 0.258 e. The van der Waals surface area contributed by atoms with Gasteiger partial charge in [0.2, 0.25) is 11.8 Å². The third-order valence-electron chi connectivity index (χ3n) is 4.99. The molecule has 0 aromatic heterocycles. The molecule has 8 nitrogen and oxygen atoms in total. The Morgan fingerprint density at radius 3 is 1.90 bits per heavy atom. The minimum atomic E-state index is -0.778. The number of amides is 4. The fourth-order valence-electron chi connectivity index (χ4n) is 3.24. The maximum absolute atomic E-state index is 12.6. The average molecular weight is 428 g/mol. The monoisotopic (exact) mass is 427 g/mol. The van der Waals surface area contributed by atoms with Crippen molar-refractivity contribution in [2.75, 3.05) is 4.90 Å². The minimum Gasteiger partial charge on any atom is -0.345 e. The Kier molecular flexibility index (Phi) is 7.85. The van der Waals surface area contributed by atoms with E-state index in [9.17, 15) is 24.0 Å². The second-order valence-electron chi connectivity index (χ2n) is 8.26. The van der Waals surface area contributed by atoms with Gasteiger partial charge in [0, 0.05) is 18.1 Å². The number of carbonyl (C=O) groups excluding carboxylic acids is 5. The number of nitrogens with one attached hydrogen (secondary N) is 2. The number of ketones is 1. The van der Waals surface area contributed by atoms with Crippen LogP contribution in [0.2, 0.25) is 0 Å². The molecule has 0 saturated heterocycles. The van der Waals surface area contributed by atoms with Crippen LogP contribution in [0, 0.1) is 11.8 Å². The van der Waals surface area contributed by atoms with Gasteiger partial charge in [-0.2, -0.15) is 0 Å². The molecular weight excluding hydrogens is 398 g/mol. The highest BCUT2D eigenvalue weighted by Crippen LogP contribution is 2.19. The quantitative estimate of drug-likeness (QED) is 0.581. The van der Waals surface area contributed by atoms with E-state index in [2.05, 4.69) is 10.6 Å². The lowest BCUT2D eigenvalue weighted by atomic mass is 10.00. The second kappa shape index (κ2) is 10.1. The van der Waals surface area contributed by atoms with Crippen LogP contribution in [-0.4, -0.2) is 41.5 Å². The van der Waals surface area contributed by atoms with Gasteiger partial charge in [0.15, 0.2) is 5.78 Å². The topological polar surface area (TPSA) is 113 Å². The Labute approximate surface area is 182 Å². The average Bonchev–Trinajstić information content (AvgIpc) is 3.03. The van der Waals surface area contributed by atoms with Gasteiger partial charge in [0.05, 0.1) is 18.2 Å². The second-order valence-corrected chi connectivity index (χ2v) is 8.26. The van der Waals surface area contributed by atoms with Gasteiger partial charge in [-0.15, -0.1) is 0 Å². The first-order valence-corrected chi connectivity index (χ1v) is 10.3. The summed E-state index contributed by atoms with van der Waals surface area (Å²) in [4.78, 5) is 61.7. The predicted octanol–water partition coefficient (Wildman–Crippen LogP) is 1.53. The zero-order valence-electron chi connectivity index (χ0n) is 18.5. The van der Waals surface area contributed by atoms with Crippen molar-refractivity contribution in [2.24, 2.45) is 11.8 Å². The number of Topliss-reactive ketones (excluding diaryl/α,β-unsaturated/α-hetero) is 1.